The Morgan fingerprint density at radius 1 is 0.812 bits per heavy atom. The largest absolute Gasteiger partial charge is 0.392 e. The summed E-state index contributed by atoms with van der Waals surface area (Å²) in [5.41, 5.74) is 0. The molecule has 0 spiro atoms. The van der Waals surface area contributed by atoms with Crippen molar-refractivity contribution in [3.63, 3.8) is 0 Å². The lowest BCUT2D eigenvalue weighted by atomic mass is 10.8. The second-order valence-corrected chi connectivity index (χ2v) is 3.82. The molecule has 8 heteroatoms. The van der Waals surface area contributed by atoms with Crippen LogP contribution in [0.15, 0.2) is 0 Å². The third-order valence-corrected chi connectivity index (χ3v) is 2.36. The molecule has 0 atom stereocenters. The summed E-state index contributed by atoms with van der Waals surface area (Å²) in [4.78, 5) is 0. The van der Waals surface area contributed by atoms with Gasteiger partial charge in [-0.05, 0) is 13.8 Å². The van der Waals surface area contributed by atoms with Gasteiger partial charge in [-0.3, -0.25) is 0 Å². The minimum absolute atomic E-state index is 0.844. The molecule has 0 aliphatic carbocycles. The molecule has 0 saturated carbocycles. The normalized spacial score (nSPS) is 12.0. The summed E-state index contributed by atoms with van der Waals surface area (Å²) < 4.78 is 72.5. The Morgan fingerprint density at radius 3 is 1.25 bits per heavy atom. The second kappa shape index (κ2) is 9.05. The topological polar surface area (TPSA) is 9.23 Å². The van der Waals surface area contributed by atoms with Crippen LogP contribution >= 0.6 is 8.58 Å². The first kappa shape index (κ1) is 18.3. The van der Waals surface area contributed by atoms with Crippen LogP contribution in [0.4, 0.5) is 26.3 Å². The van der Waals surface area contributed by atoms with Gasteiger partial charge in [-0.2, -0.15) is 26.3 Å². The van der Waals surface area contributed by atoms with Gasteiger partial charge in [0, 0.05) is 13.2 Å². The lowest BCUT2D eigenvalue weighted by Crippen LogP contribution is -2.15. The summed E-state index contributed by atoms with van der Waals surface area (Å²) in [5, 5.41) is 0. The molecular weight excluding hydrogens is 257 g/mol. The maximum Gasteiger partial charge on any atom is 0.392 e. The molecule has 0 aromatic heterocycles. The molecule has 0 aromatic carbocycles. The monoisotopic (exact) mass is 272 g/mol. The van der Waals surface area contributed by atoms with Gasteiger partial charge in [0.2, 0.25) is 0 Å². The minimum atomic E-state index is -4.47. The zero-order valence-electron chi connectivity index (χ0n) is 9.00. The molecule has 100 valence electrons. The predicted molar refractivity (Wildman–Crippen MR) is 52.3 cm³/mol. The van der Waals surface area contributed by atoms with Crippen molar-refractivity contribution in [3.8, 4) is 0 Å². The first-order valence-electron chi connectivity index (χ1n) is 4.54. The van der Waals surface area contributed by atoms with Gasteiger partial charge in [0.1, 0.15) is 0 Å². The van der Waals surface area contributed by atoms with Crippen molar-refractivity contribution in [3.05, 3.63) is 0 Å². The molecule has 0 amide bonds. The molecule has 0 radical (unpaired) electrons. The molecule has 0 unspecified atom stereocenters. The highest BCUT2D eigenvalue weighted by molar-refractivity contribution is 7.38. The molecule has 0 aliphatic heterocycles. The maximum absolute atomic E-state index is 11.3. The summed E-state index contributed by atoms with van der Waals surface area (Å²) in [6.07, 6.45) is -11.6. The van der Waals surface area contributed by atoms with E-state index in [0.717, 1.165) is 13.2 Å². The van der Waals surface area contributed by atoms with Gasteiger partial charge in [-0.25, -0.2) is 0 Å². The fourth-order valence-electron chi connectivity index (χ4n) is 0.550. The Bertz CT molecular complexity index is 140. The van der Waals surface area contributed by atoms with Crippen molar-refractivity contribution >= 4 is 8.58 Å². The van der Waals surface area contributed by atoms with E-state index >= 15 is 0 Å². The standard InChI is InChI=1S/C4H5F6P.C4H10O/c5-3(6,7)1-11-2-4(8,9)10;1-3-5-4-2/h11H,1-2H2;3-4H2,1-2H3. The van der Waals surface area contributed by atoms with Crippen LogP contribution in [0.5, 0.6) is 0 Å². The third kappa shape index (κ3) is 23.6. The van der Waals surface area contributed by atoms with Crippen LogP contribution in [0.3, 0.4) is 0 Å². The number of halogens is 6. The van der Waals surface area contributed by atoms with Gasteiger partial charge >= 0.3 is 12.4 Å². The molecule has 0 bridgehead atoms. The van der Waals surface area contributed by atoms with E-state index in [9.17, 15) is 26.3 Å². The van der Waals surface area contributed by atoms with Crippen LogP contribution in [0.2, 0.25) is 0 Å². The Kier molecular flexibility index (Phi) is 10.4. The first-order chi connectivity index (χ1) is 7.12. The van der Waals surface area contributed by atoms with Crippen LogP contribution < -0.4 is 0 Å². The number of rotatable bonds is 4. The van der Waals surface area contributed by atoms with E-state index in [0.29, 0.717) is 0 Å². The van der Waals surface area contributed by atoms with Crippen molar-refractivity contribution in [1.29, 1.82) is 0 Å². The highest BCUT2D eigenvalue weighted by atomic mass is 31.1. The molecular formula is C8H15F6OP. The number of alkyl halides is 6. The molecule has 0 heterocycles. The van der Waals surface area contributed by atoms with Gasteiger partial charge < -0.3 is 4.74 Å². The summed E-state index contributed by atoms with van der Waals surface area (Å²) in [7, 11) is -1.11. The lowest BCUT2D eigenvalue weighted by Gasteiger charge is -2.07. The van der Waals surface area contributed by atoms with Crippen LogP contribution in [0.25, 0.3) is 0 Å². The van der Waals surface area contributed by atoms with E-state index < -0.39 is 33.3 Å². The zero-order chi connectivity index (χ0) is 13.2. The highest BCUT2D eigenvalue weighted by Crippen LogP contribution is 2.30. The molecule has 1 nitrogen and oxygen atoms in total. The second-order valence-electron chi connectivity index (χ2n) is 2.62. The lowest BCUT2D eigenvalue weighted by molar-refractivity contribution is -0.110. The van der Waals surface area contributed by atoms with Gasteiger partial charge in [0.25, 0.3) is 0 Å². The molecule has 16 heavy (non-hydrogen) atoms. The highest BCUT2D eigenvalue weighted by Gasteiger charge is 2.31. The first-order valence-corrected chi connectivity index (χ1v) is 5.95. The van der Waals surface area contributed by atoms with Crippen LogP contribution in [-0.2, 0) is 4.74 Å². The van der Waals surface area contributed by atoms with Crippen LogP contribution in [0.1, 0.15) is 13.8 Å². The van der Waals surface area contributed by atoms with Crippen molar-refractivity contribution in [2.45, 2.75) is 26.2 Å². The number of hydrogen-bond acceptors (Lipinski definition) is 1. The van der Waals surface area contributed by atoms with E-state index in [1.165, 1.54) is 0 Å². The van der Waals surface area contributed by atoms with E-state index in [2.05, 4.69) is 0 Å². The van der Waals surface area contributed by atoms with Gasteiger partial charge in [0.15, 0.2) is 0 Å². The fourth-order valence-corrected chi connectivity index (χ4v) is 1.24. The number of hydrogen-bond donors (Lipinski definition) is 0. The number of ether oxygens (including phenoxy) is 1. The Hall–Kier alpha value is -0.0300. The minimum Gasteiger partial charge on any atom is -0.382 e. The molecule has 0 aromatic rings. The van der Waals surface area contributed by atoms with Crippen LogP contribution in [-0.4, -0.2) is 37.9 Å². The van der Waals surface area contributed by atoms with Crippen LogP contribution in [0, 0.1) is 0 Å². The molecule has 0 saturated heterocycles. The summed E-state index contributed by atoms with van der Waals surface area (Å²) in [6, 6.07) is 0. The van der Waals surface area contributed by atoms with E-state index in [1.807, 2.05) is 13.8 Å². The van der Waals surface area contributed by atoms with E-state index in [-0.39, 0.29) is 0 Å². The quantitative estimate of drug-likeness (QED) is 0.558. The summed E-state index contributed by atoms with van der Waals surface area (Å²) in [5.74, 6) is 0. The van der Waals surface area contributed by atoms with Crippen molar-refractivity contribution in [2.24, 2.45) is 0 Å². The van der Waals surface area contributed by atoms with Gasteiger partial charge in [-0.15, -0.1) is 8.58 Å². The predicted octanol–water partition coefficient (Wildman–Crippen LogP) is 3.83. The Balaban J connectivity index is 0. The van der Waals surface area contributed by atoms with E-state index in [1.54, 1.807) is 0 Å². The maximum atomic E-state index is 11.3. The Morgan fingerprint density at radius 2 is 1.12 bits per heavy atom. The van der Waals surface area contributed by atoms with Crippen molar-refractivity contribution < 1.29 is 31.1 Å². The SMILES string of the molecule is CCOCC.FC(F)(F)CPCC(F)(F)F. The van der Waals surface area contributed by atoms with Gasteiger partial charge in [0.05, 0.1) is 12.3 Å². The summed E-state index contributed by atoms with van der Waals surface area (Å²) in [6.45, 7) is 5.67. The van der Waals surface area contributed by atoms with E-state index in [4.69, 9.17) is 4.74 Å². The third-order valence-electron chi connectivity index (χ3n) is 1.06. The smallest absolute Gasteiger partial charge is 0.382 e. The molecule has 0 fully saturated rings. The molecule has 0 N–H and O–H groups in total. The van der Waals surface area contributed by atoms with Crippen molar-refractivity contribution in [2.75, 3.05) is 25.5 Å². The Labute approximate surface area is 92.3 Å². The molecule has 0 aliphatic rings. The fraction of sp³-hybridized carbons (Fsp3) is 1.00. The average Bonchev–Trinajstić information content (AvgIpc) is 2.01. The molecule has 0 rings (SSSR count). The average molecular weight is 272 g/mol. The van der Waals surface area contributed by atoms with Crippen molar-refractivity contribution in [1.82, 2.24) is 0 Å². The zero-order valence-corrected chi connectivity index (χ0v) is 10.0. The van der Waals surface area contributed by atoms with Gasteiger partial charge in [-0.1, -0.05) is 0 Å². The summed E-state index contributed by atoms with van der Waals surface area (Å²) >= 11 is 0.